The topological polar surface area (TPSA) is 93.0 Å². The molecule has 1 aromatic carbocycles. The lowest BCUT2D eigenvalue weighted by molar-refractivity contribution is -0.384. The lowest BCUT2D eigenvalue weighted by atomic mass is 9.94. The molecule has 0 N–H and O–H groups in total. The number of hydrogen-bond donors (Lipinski definition) is 0. The SMILES string of the molecule is COc1cc([N+](=O)[O-])ccc1N1C(=O)CC(N2C(C)CCCC2C)C1=O. The lowest BCUT2D eigenvalue weighted by Gasteiger charge is -2.41. The standard InChI is InChI=1S/C18H23N3O5/c1-11-5-4-6-12(2)19(11)15-10-17(22)20(18(15)23)14-8-7-13(21(24)25)9-16(14)26-3/h7-9,11-12,15H,4-6,10H2,1-3H3. The number of imide groups is 1. The largest absolute Gasteiger partial charge is 0.494 e. The van der Waals surface area contributed by atoms with E-state index in [0.717, 1.165) is 24.2 Å². The molecule has 0 aliphatic carbocycles. The van der Waals surface area contributed by atoms with Gasteiger partial charge >= 0.3 is 0 Å². The van der Waals surface area contributed by atoms with Gasteiger partial charge in [0.15, 0.2) is 0 Å². The van der Waals surface area contributed by atoms with Crippen molar-refractivity contribution in [3.63, 3.8) is 0 Å². The van der Waals surface area contributed by atoms with E-state index < -0.39 is 11.0 Å². The second-order valence-electron chi connectivity index (χ2n) is 6.98. The van der Waals surface area contributed by atoms with Crippen molar-refractivity contribution in [1.29, 1.82) is 0 Å². The zero-order chi connectivity index (χ0) is 19.0. The van der Waals surface area contributed by atoms with Gasteiger partial charge in [0.25, 0.3) is 11.6 Å². The monoisotopic (exact) mass is 361 g/mol. The van der Waals surface area contributed by atoms with Gasteiger partial charge in [-0.15, -0.1) is 0 Å². The number of methoxy groups -OCH3 is 1. The Morgan fingerprint density at radius 1 is 1.19 bits per heavy atom. The molecule has 0 saturated carbocycles. The number of carbonyl (C=O) groups excluding carboxylic acids is 2. The molecule has 2 heterocycles. The molecule has 0 aromatic heterocycles. The van der Waals surface area contributed by atoms with E-state index in [9.17, 15) is 19.7 Å². The Morgan fingerprint density at radius 2 is 1.85 bits per heavy atom. The van der Waals surface area contributed by atoms with E-state index in [0.29, 0.717) is 0 Å². The van der Waals surface area contributed by atoms with Crippen LogP contribution in [0.15, 0.2) is 18.2 Å². The molecule has 26 heavy (non-hydrogen) atoms. The fourth-order valence-electron chi connectivity index (χ4n) is 4.12. The molecule has 2 fully saturated rings. The number of carbonyl (C=O) groups is 2. The number of amides is 2. The van der Waals surface area contributed by atoms with Crippen LogP contribution in [0.3, 0.4) is 0 Å². The zero-order valence-corrected chi connectivity index (χ0v) is 15.2. The quantitative estimate of drug-likeness (QED) is 0.465. The van der Waals surface area contributed by atoms with Crippen LogP contribution in [0.5, 0.6) is 5.75 Å². The molecule has 1 aromatic rings. The van der Waals surface area contributed by atoms with Crippen molar-refractivity contribution in [2.75, 3.05) is 12.0 Å². The molecule has 0 bridgehead atoms. The molecule has 140 valence electrons. The average Bonchev–Trinajstić information content (AvgIpc) is 2.88. The van der Waals surface area contributed by atoms with E-state index >= 15 is 0 Å². The number of anilines is 1. The molecule has 8 nitrogen and oxygen atoms in total. The summed E-state index contributed by atoms with van der Waals surface area (Å²) in [5, 5.41) is 11.0. The van der Waals surface area contributed by atoms with Crippen molar-refractivity contribution in [2.45, 2.75) is 57.7 Å². The summed E-state index contributed by atoms with van der Waals surface area (Å²) in [7, 11) is 1.36. The van der Waals surface area contributed by atoms with Crippen molar-refractivity contribution in [1.82, 2.24) is 4.90 Å². The maximum absolute atomic E-state index is 13.1. The molecule has 2 aliphatic heterocycles. The minimum Gasteiger partial charge on any atom is -0.494 e. The minimum absolute atomic E-state index is 0.119. The van der Waals surface area contributed by atoms with Crippen molar-refractivity contribution in [3.8, 4) is 5.75 Å². The third kappa shape index (κ3) is 3.05. The molecule has 2 amide bonds. The highest BCUT2D eigenvalue weighted by Gasteiger charge is 2.46. The van der Waals surface area contributed by atoms with E-state index in [-0.39, 0.29) is 47.4 Å². The Kier molecular flexibility index (Phi) is 4.95. The van der Waals surface area contributed by atoms with Crippen LogP contribution in [0.25, 0.3) is 0 Å². The number of nitro groups is 1. The summed E-state index contributed by atoms with van der Waals surface area (Å²) in [4.78, 5) is 39.4. The van der Waals surface area contributed by atoms with Gasteiger partial charge in [0.05, 0.1) is 36.2 Å². The average molecular weight is 361 g/mol. The van der Waals surface area contributed by atoms with Gasteiger partial charge in [-0.05, 0) is 32.8 Å². The van der Waals surface area contributed by atoms with Gasteiger partial charge in [-0.2, -0.15) is 0 Å². The van der Waals surface area contributed by atoms with Crippen LogP contribution in [0.1, 0.15) is 39.5 Å². The van der Waals surface area contributed by atoms with E-state index in [1.165, 1.54) is 25.3 Å². The molecule has 0 radical (unpaired) electrons. The van der Waals surface area contributed by atoms with Crippen molar-refractivity contribution >= 4 is 23.2 Å². The van der Waals surface area contributed by atoms with Gasteiger partial charge in [0.1, 0.15) is 5.75 Å². The summed E-state index contributed by atoms with van der Waals surface area (Å²) < 4.78 is 5.20. The molecule has 2 saturated heterocycles. The highest BCUT2D eigenvalue weighted by Crippen LogP contribution is 2.37. The third-order valence-corrected chi connectivity index (χ3v) is 5.36. The summed E-state index contributed by atoms with van der Waals surface area (Å²) in [6.07, 6.45) is 3.24. The van der Waals surface area contributed by atoms with E-state index in [4.69, 9.17) is 4.74 Å². The van der Waals surface area contributed by atoms with Crippen molar-refractivity contribution in [3.05, 3.63) is 28.3 Å². The molecule has 0 spiro atoms. The summed E-state index contributed by atoms with van der Waals surface area (Å²) in [6, 6.07) is 3.89. The Labute approximate surface area is 151 Å². The van der Waals surface area contributed by atoms with E-state index in [1.54, 1.807) is 0 Å². The first kappa shape index (κ1) is 18.3. The van der Waals surface area contributed by atoms with Gasteiger partial charge in [-0.25, -0.2) is 4.90 Å². The number of benzene rings is 1. The van der Waals surface area contributed by atoms with Crippen LogP contribution >= 0.6 is 0 Å². The maximum Gasteiger partial charge on any atom is 0.273 e. The van der Waals surface area contributed by atoms with Gasteiger partial charge < -0.3 is 4.74 Å². The summed E-state index contributed by atoms with van der Waals surface area (Å²) in [6.45, 7) is 4.17. The second-order valence-corrected chi connectivity index (χ2v) is 6.98. The second kappa shape index (κ2) is 7.03. The molecule has 3 rings (SSSR count). The van der Waals surface area contributed by atoms with Crippen molar-refractivity contribution in [2.24, 2.45) is 0 Å². The molecule has 3 unspecified atom stereocenters. The Balaban J connectivity index is 1.93. The Bertz CT molecular complexity index is 740. The van der Waals surface area contributed by atoms with Gasteiger partial charge in [0, 0.05) is 18.2 Å². The third-order valence-electron chi connectivity index (χ3n) is 5.36. The number of hydrogen-bond acceptors (Lipinski definition) is 6. The Hall–Kier alpha value is -2.48. The normalized spacial score (nSPS) is 27.0. The molecular weight excluding hydrogens is 338 g/mol. The number of ether oxygens (including phenoxy) is 1. The van der Waals surface area contributed by atoms with E-state index in [1.807, 2.05) is 0 Å². The predicted octanol–water partition coefficient (Wildman–Crippen LogP) is 2.50. The fraction of sp³-hybridized carbons (Fsp3) is 0.556. The summed E-state index contributed by atoms with van der Waals surface area (Å²) >= 11 is 0. The lowest BCUT2D eigenvalue weighted by Crippen LogP contribution is -2.52. The smallest absolute Gasteiger partial charge is 0.273 e. The minimum atomic E-state index is -0.542. The maximum atomic E-state index is 13.1. The Morgan fingerprint density at radius 3 is 2.42 bits per heavy atom. The van der Waals surface area contributed by atoms with Gasteiger partial charge in [0.2, 0.25) is 5.91 Å². The zero-order valence-electron chi connectivity index (χ0n) is 15.2. The number of non-ortho nitro benzene ring substituents is 1. The molecular formula is C18H23N3O5. The van der Waals surface area contributed by atoms with Crippen LogP contribution in [0.4, 0.5) is 11.4 Å². The van der Waals surface area contributed by atoms with E-state index in [2.05, 4.69) is 18.7 Å². The number of nitrogens with zero attached hydrogens (tertiary/aromatic N) is 3. The van der Waals surface area contributed by atoms with Crippen LogP contribution in [-0.2, 0) is 9.59 Å². The molecule has 3 atom stereocenters. The number of piperidine rings is 1. The van der Waals surface area contributed by atoms with Crippen LogP contribution in [0, 0.1) is 10.1 Å². The fourth-order valence-corrected chi connectivity index (χ4v) is 4.12. The highest BCUT2D eigenvalue weighted by atomic mass is 16.6. The first-order chi connectivity index (χ1) is 12.3. The van der Waals surface area contributed by atoms with Gasteiger partial charge in [-0.1, -0.05) is 6.42 Å². The first-order valence-electron chi connectivity index (χ1n) is 8.81. The summed E-state index contributed by atoms with van der Waals surface area (Å²) in [5.74, 6) is -0.457. The van der Waals surface area contributed by atoms with Gasteiger partial charge in [-0.3, -0.25) is 24.6 Å². The molecule has 2 aliphatic rings. The highest BCUT2D eigenvalue weighted by molar-refractivity contribution is 6.23. The van der Waals surface area contributed by atoms with Crippen LogP contribution in [0.2, 0.25) is 0 Å². The molecule has 8 heteroatoms. The van der Waals surface area contributed by atoms with Crippen molar-refractivity contribution < 1.29 is 19.2 Å². The first-order valence-corrected chi connectivity index (χ1v) is 8.81. The van der Waals surface area contributed by atoms with Crippen LogP contribution < -0.4 is 9.64 Å². The van der Waals surface area contributed by atoms with Crippen LogP contribution in [-0.4, -0.2) is 46.9 Å². The number of nitro benzene ring substituents is 1. The number of likely N-dealkylation sites (tertiary alicyclic amines) is 1. The summed E-state index contributed by atoms with van der Waals surface area (Å²) in [5.41, 5.74) is 0.104. The number of rotatable bonds is 4. The predicted molar refractivity (Wildman–Crippen MR) is 95.2 cm³/mol.